The van der Waals surface area contributed by atoms with E-state index in [0.717, 1.165) is 67.1 Å². The molecule has 3 atom stereocenters. The number of carbonyl (C=O) groups is 2. The second-order valence-corrected chi connectivity index (χ2v) is 10.7. The third kappa shape index (κ3) is 5.94. The topological polar surface area (TPSA) is 65.5 Å². The molecule has 1 aromatic heterocycles. The zero-order chi connectivity index (χ0) is 26.6. The second-order valence-electron chi connectivity index (χ2n) is 10.7. The van der Waals surface area contributed by atoms with Gasteiger partial charge < -0.3 is 15.1 Å². The van der Waals surface area contributed by atoms with Crippen LogP contribution in [0.3, 0.4) is 0 Å². The second kappa shape index (κ2) is 11.4. The maximum atomic E-state index is 13.2. The van der Waals surface area contributed by atoms with E-state index in [9.17, 15) is 14.0 Å². The predicted octanol–water partition coefficient (Wildman–Crippen LogP) is 4.33. The Morgan fingerprint density at radius 3 is 2.32 bits per heavy atom. The van der Waals surface area contributed by atoms with Gasteiger partial charge in [-0.3, -0.25) is 14.6 Å². The summed E-state index contributed by atoms with van der Waals surface area (Å²) in [5.74, 6) is 0.668. The maximum absolute atomic E-state index is 13.2. The summed E-state index contributed by atoms with van der Waals surface area (Å²) in [5, 5.41) is 3.20. The van der Waals surface area contributed by atoms with Crippen molar-refractivity contribution in [3.05, 3.63) is 101 Å². The molecule has 5 rings (SSSR count). The average molecular weight is 515 g/mol. The van der Waals surface area contributed by atoms with Crippen LogP contribution in [0.2, 0.25) is 0 Å². The van der Waals surface area contributed by atoms with Crippen molar-refractivity contribution in [2.75, 3.05) is 32.7 Å². The minimum absolute atomic E-state index is 0.0705. The molecular formula is C31H35FN4O2. The van der Waals surface area contributed by atoms with E-state index in [4.69, 9.17) is 0 Å². The van der Waals surface area contributed by atoms with Crippen LogP contribution < -0.4 is 5.32 Å². The van der Waals surface area contributed by atoms with E-state index in [1.807, 2.05) is 55.1 Å². The highest BCUT2D eigenvalue weighted by molar-refractivity contribution is 5.96. The van der Waals surface area contributed by atoms with Crippen molar-refractivity contribution in [1.29, 1.82) is 0 Å². The largest absolute Gasteiger partial charge is 0.349 e. The number of rotatable bonds is 8. The summed E-state index contributed by atoms with van der Waals surface area (Å²) in [4.78, 5) is 34.9. The number of nitrogens with zero attached hydrogens (tertiary/aromatic N) is 3. The van der Waals surface area contributed by atoms with Crippen LogP contribution in [0.5, 0.6) is 0 Å². The predicted molar refractivity (Wildman–Crippen MR) is 145 cm³/mol. The molecule has 0 bridgehead atoms. The fourth-order valence-corrected chi connectivity index (χ4v) is 5.97. The van der Waals surface area contributed by atoms with Gasteiger partial charge in [-0.1, -0.05) is 42.5 Å². The van der Waals surface area contributed by atoms with Crippen LogP contribution in [0.25, 0.3) is 0 Å². The molecule has 198 valence electrons. The molecule has 0 radical (unpaired) electrons. The number of amides is 2. The molecule has 2 aliphatic heterocycles. The Bertz CT molecular complexity index is 1250. The van der Waals surface area contributed by atoms with Crippen LogP contribution in [0, 0.1) is 31.5 Å². The number of aromatic nitrogens is 1. The quantitative estimate of drug-likeness (QED) is 0.486. The Balaban J connectivity index is 1.16. The van der Waals surface area contributed by atoms with Gasteiger partial charge in [-0.25, -0.2) is 4.39 Å². The molecule has 2 aliphatic rings. The van der Waals surface area contributed by atoms with Gasteiger partial charge in [-0.15, -0.1) is 0 Å². The molecule has 38 heavy (non-hydrogen) atoms. The van der Waals surface area contributed by atoms with Crippen molar-refractivity contribution in [2.24, 2.45) is 11.8 Å². The summed E-state index contributed by atoms with van der Waals surface area (Å²) >= 11 is 0. The minimum Gasteiger partial charge on any atom is -0.349 e. The summed E-state index contributed by atoms with van der Waals surface area (Å²) in [5.41, 5.74) is 4.39. The molecule has 2 aromatic carbocycles. The monoisotopic (exact) mass is 514 g/mol. The summed E-state index contributed by atoms with van der Waals surface area (Å²) in [6.45, 7) is 8.24. The third-order valence-electron chi connectivity index (χ3n) is 7.96. The van der Waals surface area contributed by atoms with Gasteiger partial charge >= 0.3 is 0 Å². The highest BCUT2D eigenvalue weighted by Crippen LogP contribution is 2.33. The van der Waals surface area contributed by atoms with E-state index in [1.165, 1.54) is 12.1 Å². The normalized spacial score (nSPS) is 19.8. The lowest BCUT2D eigenvalue weighted by Gasteiger charge is -2.25. The van der Waals surface area contributed by atoms with E-state index in [2.05, 4.69) is 15.2 Å². The number of halogens is 1. The molecular weight excluding hydrogens is 479 g/mol. The Kier molecular flexibility index (Phi) is 7.84. The molecule has 1 N–H and O–H groups in total. The van der Waals surface area contributed by atoms with Gasteiger partial charge in [0, 0.05) is 38.9 Å². The van der Waals surface area contributed by atoms with E-state index in [-0.39, 0.29) is 30.1 Å². The Hall–Kier alpha value is -3.58. The number of hydrogen-bond donors (Lipinski definition) is 1. The van der Waals surface area contributed by atoms with Crippen LogP contribution in [-0.4, -0.2) is 59.3 Å². The van der Waals surface area contributed by atoms with E-state index < -0.39 is 0 Å². The number of likely N-dealkylation sites (tertiary alicyclic amines) is 2. The van der Waals surface area contributed by atoms with Crippen LogP contribution in [-0.2, 0) is 11.2 Å². The average Bonchev–Trinajstić information content (AvgIpc) is 3.47. The van der Waals surface area contributed by atoms with Gasteiger partial charge in [0.2, 0.25) is 5.91 Å². The fourth-order valence-electron chi connectivity index (χ4n) is 5.97. The lowest BCUT2D eigenvalue weighted by atomic mass is 10.0. The van der Waals surface area contributed by atoms with Gasteiger partial charge in [0.05, 0.1) is 23.7 Å². The van der Waals surface area contributed by atoms with Crippen LogP contribution in [0.1, 0.15) is 45.2 Å². The van der Waals surface area contributed by atoms with Crippen molar-refractivity contribution >= 4 is 11.8 Å². The molecule has 2 amide bonds. The third-order valence-corrected chi connectivity index (χ3v) is 7.96. The SMILES string of the molecule is Cc1ccnc(C)c1C(=O)N1CC2CN(CC[C@H](NC(=O)Cc3ccc(F)cc3)c3ccccc3)CC2C1. The van der Waals surface area contributed by atoms with Crippen molar-refractivity contribution in [2.45, 2.75) is 32.7 Å². The maximum Gasteiger partial charge on any atom is 0.255 e. The molecule has 0 spiro atoms. The molecule has 3 heterocycles. The summed E-state index contributed by atoms with van der Waals surface area (Å²) < 4.78 is 13.2. The lowest BCUT2D eigenvalue weighted by Crippen LogP contribution is -2.36. The zero-order valence-corrected chi connectivity index (χ0v) is 22.1. The lowest BCUT2D eigenvalue weighted by molar-refractivity contribution is -0.121. The van der Waals surface area contributed by atoms with Crippen LogP contribution in [0.15, 0.2) is 66.9 Å². The number of aryl methyl sites for hydroxylation is 2. The number of hydrogen-bond acceptors (Lipinski definition) is 4. The Labute approximate surface area is 223 Å². The van der Waals surface area contributed by atoms with Crippen LogP contribution >= 0.6 is 0 Å². The minimum atomic E-state index is -0.304. The first-order valence-corrected chi connectivity index (χ1v) is 13.4. The van der Waals surface area contributed by atoms with Gasteiger partial charge in [-0.05, 0) is 67.0 Å². The fraction of sp³-hybridized carbons (Fsp3) is 0.387. The highest BCUT2D eigenvalue weighted by Gasteiger charge is 2.42. The number of benzene rings is 2. The Morgan fingerprint density at radius 2 is 1.66 bits per heavy atom. The first kappa shape index (κ1) is 26.0. The number of carbonyl (C=O) groups excluding carboxylic acids is 2. The van der Waals surface area contributed by atoms with Gasteiger partial charge in [0.25, 0.3) is 5.91 Å². The molecule has 2 fully saturated rings. The van der Waals surface area contributed by atoms with E-state index in [1.54, 1.807) is 18.3 Å². The van der Waals surface area contributed by atoms with Gasteiger partial charge in [-0.2, -0.15) is 0 Å². The molecule has 3 aromatic rings. The van der Waals surface area contributed by atoms with Crippen molar-refractivity contribution in [3.63, 3.8) is 0 Å². The number of nitrogens with one attached hydrogen (secondary N) is 1. The summed E-state index contributed by atoms with van der Waals surface area (Å²) in [7, 11) is 0. The van der Waals surface area contributed by atoms with Crippen molar-refractivity contribution in [3.8, 4) is 0 Å². The van der Waals surface area contributed by atoms with Crippen molar-refractivity contribution in [1.82, 2.24) is 20.1 Å². The van der Waals surface area contributed by atoms with Gasteiger partial charge in [0.15, 0.2) is 0 Å². The van der Waals surface area contributed by atoms with Crippen molar-refractivity contribution < 1.29 is 14.0 Å². The summed E-state index contributed by atoms with van der Waals surface area (Å²) in [6, 6.07) is 17.9. The zero-order valence-electron chi connectivity index (χ0n) is 22.1. The first-order chi connectivity index (χ1) is 18.4. The highest BCUT2D eigenvalue weighted by atomic mass is 19.1. The van der Waals surface area contributed by atoms with Gasteiger partial charge in [0.1, 0.15) is 5.82 Å². The standard InChI is InChI=1S/C31H35FN4O2/c1-21-12-14-33-22(2)30(21)31(38)36-19-25-17-35(18-26(25)20-36)15-13-28(24-6-4-3-5-7-24)34-29(37)16-23-8-10-27(32)11-9-23/h3-12,14,25-26,28H,13,15-20H2,1-2H3,(H,34,37)/t25?,26?,28-/m0/s1. The van der Waals surface area contributed by atoms with E-state index in [0.29, 0.717) is 11.8 Å². The number of pyridine rings is 1. The van der Waals surface area contributed by atoms with E-state index >= 15 is 0 Å². The van der Waals surface area contributed by atoms with Crippen LogP contribution in [0.4, 0.5) is 4.39 Å². The first-order valence-electron chi connectivity index (χ1n) is 13.4. The molecule has 6 nitrogen and oxygen atoms in total. The number of fused-ring (bicyclic) bond motifs is 1. The molecule has 7 heteroatoms. The molecule has 0 saturated carbocycles. The smallest absolute Gasteiger partial charge is 0.255 e. The Morgan fingerprint density at radius 1 is 0.974 bits per heavy atom. The molecule has 2 saturated heterocycles. The molecule has 0 aliphatic carbocycles. The molecule has 2 unspecified atom stereocenters. The summed E-state index contributed by atoms with van der Waals surface area (Å²) in [6.07, 6.45) is 2.78.